The first-order chi connectivity index (χ1) is 11.6. The standard InChI is InChI=1S/C19H21NO4/c1-2-13-9-18(22)24-16-10-14(3-4-15(13)16)23-11-17(21)20-8-7-19(12-20)5-6-19/h3-4,9-10H,2,5-8,11-12H2,1H3. The largest absolute Gasteiger partial charge is 0.484 e. The summed E-state index contributed by atoms with van der Waals surface area (Å²) < 4.78 is 10.9. The van der Waals surface area contributed by atoms with E-state index in [0.717, 1.165) is 36.9 Å². The predicted octanol–water partition coefficient (Wildman–Crippen LogP) is 2.75. The van der Waals surface area contributed by atoms with Gasteiger partial charge in [-0.15, -0.1) is 0 Å². The van der Waals surface area contributed by atoms with Gasteiger partial charge in [-0.1, -0.05) is 6.92 Å². The average molecular weight is 327 g/mol. The zero-order chi connectivity index (χ0) is 16.7. The van der Waals surface area contributed by atoms with Crippen molar-refractivity contribution in [1.82, 2.24) is 4.90 Å². The molecule has 1 aromatic heterocycles. The Hall–Kier alpha value is -2.30. The van der Waals surface area contributed by atoms with Crippen LogP contribution in [-0.2, 0) is 11.2 Å². The van der Waals surface area contributed by atoms with Gasteiger partial charge in [-0.3, -0.25) is 4.79 Å². The van der Waals surface area contributed by atoms with Gasteiger partial charge >= 0.3 is 5.63 Å². The molecule has 2 aromatic rings. The summed E-state index contributed by atoms with van der Waals surface area (Å²) in [7, 11) is 0. The number of nitrogens with zero attached hydrogens (tertiary/aromatic N) is 1. The Labute approximate surface area is 140 Å². The number of carbonyl (C=O) groups excluding carboxylic acids is 1. The fourth-order valence-electron chi connectivity index (χ4n) is 3.56. The van der Waals surface area contributed by atoms with Crippen LogP contribution in [-0.4, -0.2) is 30.5 Å². The van der Waals surface area contributed by atoms with Crippen molar-refractivity contribution < 1.29 is 13.9 Å². The van der Waals surface area contributed by atoms with Crippen molar-refractivity contribution in [3.63, 3.8) is 0 Å². The third kappa shape index (κ3) is 2.79. The first kappa shape index (κ1) is 15.2. The zero-order valence-electron chi connectivity index (χ0n) is 13.8. The minimum Gasteiger partial charge on any atom is -0.484 e. The molecule has 5 heteroatoms. The van der Waals surface area contributed by atoms with Gasteiger partial charge in [0.25, 0.3) is 5.91 Å². The van der Waals surface area contributed by atoms with Gasteiger partial charge in [-0.25, -0.2) is 4.79 Å². The second kappa shape index (κ2) is 5.65. The molecule has 1 amide bonds. The number of rotatable bonds is 4. The van der Waals surface area contributed by atoms with E-state index >= 15 is 0 Å². The lowest BCUT2D eigenvalue weighted by Gasteiger charge is -2.16. The first-order valence-electron chi connectivity index (χ1n) is 8.56. The number of benzene rings is 1. The third-order valence-electron chi connectivity index (χ3n) is 5.29. The molecule has 1 saturated heterocycles. The molecule has 1 aromatic carbocycles. The maximum Gasteiger partial charge on any atom is 0.336 e. The molecule has 1 spiro atoms. The third-order valence-corrected chi connectivity index (χ3v) is 5.29. The van der Waals surface area contributed by atoms with Crippen LogP contribution >= 0.6 is 0 Å². The van der Waals surface area contributed by atoms with Crippen LogP contribution in [0.15, 0.2) is 33.5 Å². The van der Waals surface area contributed by atoms with Gasteiger partial charge in [-0.05, 0) is 48.8 Å². The van der Waals surface area contributed by atoms with Crippen LogP contribution in [0, 0.1) is 5.41 Å². The highest BCUT2D eigenvalue weighted by Crippen LogP contribution is 2.52. The van der Waals surface area contributed by atoms with Gasteiger partial charge in [-0.2, -0.15) is 0 Å². The van der Waals surface area contributed by atoms with Crippen LogP contribution in [0.3, 0.4) is 0 Å². The molecule has 2 heterocycles. The minimum atomic E-state index is -0.362. The first-order valence-corrected chi connectivity index (χ1v) is 8.56. The Bertz CT molecular complexity index is 850. The molecule has 0 N–H and O–H groups in total. The number of ether oxygens (including phenoxy) is 1. The number of likely N-dealkylation sites (tertiary alicyclic amines) is 1. The molecule has 0 unspecified atom stereocenters. The summed E-state index contributed by atoms with van der Waals surface area (Å²) in [6.07, 6.45) is 4.39. The van der Waals surface area contributed by atoms with Crippen molar-refractivity contribution >= 4 is 16.9 Å². The van der Waals surface area contributed by atoms with Crippen molar-refractivity contribution in [2.75, 3.05) is 19.7 Å². The Morgan fingerprint density at radius 1 is 1.29 bits per heavy atom. The van der Waals surface area contributed by atoms with Crippen LogP contribution < -0.4 is 10.4 Å². The minimum absolute atomic E-state index is 0.0271. The average Bonchev–Trinajstić information content (AvgIpc) is 3.20. The molecule has 2 fully saturated rings. The Kier molecular flexibility index (Phi) is 3.59. The molecule has 0 bridgehead atoms. The zero-order valence-corrected chi connectivity index (χ0v) is 13.8. The van der Waals surface area contributed by atoms with Gasteiger partial charge < -0.3 is 14.1 Å². The van der Waals surface area contributed by atoms with Crippen molar-refractivity contribution in [1.29, 1.82) is 0 Å². The summed E-state index contributed by atoms with van der Waals surface area (Å²) in [6.45, 7) is 3.75. The van der Waals surface area contributed by atoms with E-state index in [1.165, 1.54) is 18.9 Å². The molecule has 4 rings (SSSR count). The van der Waals surface area contributed by atoms with Crippen molar-refractivity contribution in [2.45, 2.75) is 32.6 Å². The molecule has 126 valence electrons. The quantitative estimate of drug-likeness (QED) is 0.810. The van der Waals surface area contributed by atoms with Gasteiger partial charge in [0, 0.05) is 30.6 Å². The number of amides is 1. The summed E-state index contributed by atoms with van der Waals surface area (Å²) in [5, 5.41) is 0.908. The van der Waals surface area contributed by atoms with E-state index in [4.69, 9.17) is 9.15 Å². The molecule has 1 aliphatic heterocycles. The highest BCUT2D eigenvalue weighted by molar-refractivity contribution is 5.82. The van der Waals surface area contributed by atoms with Gasteiger partial charge in [0.05, 0.1) is 0 Å². The summed E-state index contributed by atoms with van der Waals surface area (Å²) in [5.74, 6) is 0.579. The summed E-state index contributed by atoms with van der Waals surface area (Å²) in [6, 6.07) is 6.91. The second-order valence-corrected chi connectivity index (χ2v) is 6.96. The highest BCUT2D eigenvalue weighted by Gasteiger charge is 2.48. The van der Waals surface area contributed by atoms with Crippen LogP contribution in [0.25, 0.3) is 11.0 Å². The Morgan fingerprint density at radius 2 is 2.12 bits per heavy atom. The van der Waals surface area contributed by atoms with Crippen LogP contribution in [0.4, 0.5) is 0 Å². The number of hydrogen-bond donors (Lipinski definition) is 0. The molecule has 24 heavy (non-hydrogen) atoms. The Balaban J connectivity index is 1.46. The topological polar surface area (TPSA) is 59.8 Å². The van der Waals surface area contributed by atoms with E-state index in [2.05, 4.69) is 0 Å². The van der Waals surface area contributed by atoms with E-state index in [-0.39, 0.29) is 18.1 Å². The van der Waals surface area contributed by atoms with E-state index in [1.807, 2.05) is 24.0 Å². The van der Waals surface area contributed by atoms with Crippen molar-refractivity contribution in [2.24, 2.45) is 5.41 Å². The van der Waals surface area contributed by atoms with Crippen LogP contribution in [0.5, 0.6) is 5.75 Å². The Morgan fingerprint density at radius 3 is 2.83 bits per heavy atom. The molecule has 0 atom stereocenters. The second-order valence-electron chi connectivity index (χ2n) is 6.96. The maximum atomic E-state index is 12.3. The highest BCUT2D eigenvalue weighted by atomic mass is 16.5. The normalized spacial score (nSPS) is 18.3. The van der Waals surface area contributed by atoms with Gasteiger partial charge in [0.1, 0.15) is 11.3 Å². The number of fused-ring (bicyclic) bond motifs is 1. The lowest BCUT2D eigenvalue weighted by atomic mass is 10.1. The molecule has 5 nitrogen and oxygen atoms in total. The van der Waals surface area contributed by atoms with E-state index in [0.29, 0.717) is 16.7 Å². The maximum absolute atomic E-state index is 12.3. The molecule has 1 saturated carbocycles. The smallest absolute Gasteiger partial charge is 0.336 e. The predicted molar refractivity (Wildman–Crippen MR) is 90.2 cm³/mol. The molecular formula is C19H21NO4. The van der Waals surface area contributed by atoms with Crippen LogP contribution in [0.2, 0.25) is 0 Å². The summed E-state index contributed by atoms with van der Waals surface area (Å²) in [5.41, 5.74) is 1.52. The fraction of sp³-hybridized carbons (Fsp3) is 0.474. The molecular weight excluding hydrogens is 306 g/mol. The number of hydrogen-bond acceptors (Lipinski definition) is 4. The van der Waals surface area contributed by atoms with Crippen molar-refractivity contribution in [3.8, 4) is 5.75 Å². The summed E-state index contributed by atoms with van der Waals surface area (Å²) >= 11 is 0. The number of carbonyl (C=O) groups is 1. The molecule has 1 aliphatic carbocycles. The number of aryl methyl sites for hydroxylation is 1. The van der Waals surface area contributed by atoms with Crippen molar-refractivity contribution in [3.05, 3.63) is 40.2 Å². The summed E-state index contributed by atoms with van der Waals surface area (Å²) in [4.78, 5) is 25.8. The van der Waals surface area contributed by atoms with Crippen LogP contribution in [0.1, 0.15) is 31.7 Å². The molecule has 0 radical (unpaired) electrons. The van der Waals surface area contributed by atoms with E-state index in [1.54, 1.807) is 6.07 Å². The van der Waals surface area contributed by atoms with E-state index in [9.17, 15) is 9.59 Å². The fourth-order valence-corrected chi connectivity index (χ4v) is 3.56. The monoisotopic (exact) mass is 327 g/mol. The SMILES string of the molecule is CCc1cc(=O)oc2cc(OCC(=O)N3CCC4(CC4)C3)ccc12. The van der Waals surface area contributed by atoms with E-state index < -0.39 is 0 Å². The van der Waals surface area contributed by atoms with Gasteiger partial charge in [0.2, 0.25) is 0 Å². The lowest BCUT2D eigenvalue weighted by Crippen LogP contribution is -2.33. The lowest BCUT2D eigenvalue weighted by molar-refractivity contribution is -0.132. The molecule has 2 aliphatic rings. The van der Waals surface area contributed by atoms with Gasteiger partial charge in [0.15, 0.2) is 6.61 Å².